The third-order valence-corrected chi connectivity index (χ3v) is 3.48. The zero-order valence-corrected chi connectivity index (χ0v) is 12.2. The molecular formula is C15H10BrFN2O. The lowest BCUT2D eigenvalue weighted by atomic mass is 10.0. The summed E-state index contributed by atoms with van der Waals surface area (Å²) in [5.74, 6) is -0.633. The van der Waals surface area contributed by atoms with E-state index in [1.165, 1.54) is 12.1 Å². The molecule has 0 saturated carbocycles. The molecule has 0 atom stereocenters. The third-order valence-electron chi connectivity index (χ3n) is 3.05. The molecule has 0 aliphatic heterocycles. The smallest absolute Gasteiger partial charge is 0.195 e. The van der Waals surface area contributed by atoms with E-state index >= 15 is 0 Å². The van der Waals surface area contributed by atoms with Gasteiger partial charge in [0.1, 0.15) is 11.5 Å². The monoisotopic (exact) mass is 332 g/mol. The molecule has 3 rings (SSSR count). The molecular weight excluding hydrogens is 323 g/mol. The van der Waals surface area contributed by atoms with E-state index in [0.717, 1.165) is 4.47 Å². The maximum atomic E-state index is 13.4. The summed E-state index contributed by atoms with van der Waals surface area (Å²) in [6, 6.07) is 6.14. The van der Waals surface area contributed by atoms with Crippen molar-refractivity contribution in [3.8, 4) is 0 Å². The fraction of sp³-hybridized carbons (Fsp3) is 0.0667. The predicted molar refractivity (Wildman–Crippen MR) is 78.4 cm³/mol. The second-order valence-corrected chi connectivity index (χ2v) is 5.51. The van der Waals surface area contributed by atoms with Crippen molar-refractivity contribution < 1.29 is 9.18 Å². The van der Waals surface area contributed by atoms with Crippen LogP contribution in [0.25, 0.3) is 11.0 Å². The first kappa shape index (κ1) is 13.0. The standard InChI is InChI=1S/C15H10BrFN2O/c1-8-2-9(4-11(17)3-8)14(20)13-7-19-15-12(13)5-10(16)6-18-15/h2-7H,1H3,(H,18,19). The van der Waals surface area contributed by atoms with Gasteiger partial charge in [-0.3, -0.25) is 4.79 Å². The highest BCUT2D eigenvalue weighted by molar-refractivity contribution is 9.10. The van der Waals surface area contributed by atoms with E-state index < -0.39 is 5.82 Å². The Hall–Kier alpha value is -2.01. The molecule has 100 valence electrons. The average molecular weight is 333 g/mol. The van der Waals surface area contributed by atoms with Crippen LogP contribution in [0.2, 0.25) is 0 Å². The fourth-order valence-corrected chi connectivity index (χ4v) is 2.52. The Morgan fingerprint density at radius 1 is 1.30 bits per heavy atom. The number of halogens is 2. The van der Waals surface area contributed by atoms with Gasteiger partial charge in [0.15, 0.2) is 5.78 Å². The van der Waals surface area contributed by atoms with Gasteiger partial charge in [-0.1, -0.05) is 0 Å². The van der Waals surface area contributed by atoms with Crippen LogP contribution in [0.15, 0.2) is 41.1 Å². The third kappa shape index (κ3) is 2.25. The zero-order valence-electron chi connectivity index (χ0n) is 10.6. The van der Waals surface area contributed by atoms with Gasteiger partial charge in [0, 0.05) is 33.4 Å². The largest absolute Gasteiger partial charge is 0.345 e. The first-order valence-corrected chi connectivity index (χ1v) is 6.78. The van der Waals surface area contributed by atoms with E-state index in [9.17, 15) is 9.18 Å². The molecule has 0 saturated heterocycles. The van der Waals surface area contributed by atoms with Gasteiger partial charge in [-0.2, -0.15) is 0 Å². The zero-order chi connectivity index (χ0) is 14.3. The number of aryl methyl sites for hydroxylation is 1. The molecule has 5 heteroatoms. The molecule has 2 heterocycles. The molecule has 0 amide bonds. The van der Waals surface area contributed by atoms with Crippen LogP contribution in [-0.2, 0) is 0 Å². The SMILES string of the molecule is Cc1cc(F)cc(C(=O)c2c[nH]c3ncc(Br)cc23)c1. The van der Waals surface area contributed by atoms with Gasteiger partial charge < -0.3 is 4.98 Å². The van der Waals surface area contributed by atoms with Crippen LogP contribution in [0.5, 0.6) is 0 Å². The van der Waals surface area contributed by atoms with Gasteiger partial charge in [-0.05, 0) is 52.7 Å². The number of rotatable bonds is 2. The van der Waals surface area contributed by atoms with Crippen LogP contribution in [0.4, 0.5) is 4.39 Å². The first-order chi connectivity index (χ1) is 9.54. The topological polar surface area (TPSA) is 45.8 Å². The number of nitrogens with one attached hydrogen (secondary N) is 1. The van der Waals surface area contributed by atoms with Crippen molar-refractivity contribution >= 4 is 32.7 Å². The molecule has 2 aromatic heterocycles. The Morgan fingerprint density at radius 2 is 2.10 bits per heavy atom. The lowest BCUT2D eigenvalue weighted by molar-refractivity contribution is 0.104. The summed E-state index contributed by atoms with van der Waals surface area (Å²) in [4.78, 5) is 19.6. The van der Waals surface area contributed by atoms with Crippen LogP contribution in [0.3, 0.4) is 0 Å². The number of carbonyl (C=O) groups excluding carboxylic acids is 1. The Labute approximate surface area is 123 Å². The van der Waals surface area contributed by atoms with E-state index in [-0.39, 0.29) is 5.78 Å². The maximum absolute atomic E-state index is 13.4. The average Bonchev–Trinajstić information content (AvgIpc) is 2.79. The number of H-pyrrole nitrogens is 1. The van der Waals surface area contributed by atoms with E-state index in [1.807, 2.05) is 6.07 Å². The number of pyridine rings is 1. The number of hydrogen-bond donors (Lipinski definition) is 1. The summed E-state index contributed by atoms with van der Waals surface area (Å²) < 4.78 is 14.2. The molecule has 1 aromatic carbocycles. The molecule has 0 bridgehead atoms. The second-order valence-electron chi connectivity index (χ2n) is 4.60. The second kappa shape index (κ2) is 4.83. The van der Waals surface area contributed by atoms with Gasteiger partial charge in [-0.25, -0.2) is 9.37 Å². The maximum Gasteiger partial charge on any atom is 0.195 e. The number of aromatic amines is 1. The lowest BCUT2D eigenvalue weighted by Gasteiger charge is -2.02. The molecule has 3 nitrogen and oxygen atoms in total. The van der Waals surface area contributed by atoms with Crippen LogP contribution < -0.4 is 0 Å². The summed E-state index contributed by atoms with van der Waals surface area (Å²) in [6.07, 6.45) is 3.26. The summed E-state index contributed by atoms with van der Waals surface area (Å²) >= 11 is 3.33. The molecule has 0 fully saturated rings. The number of benzene rings is 1. The van der Waals surface area contributed by atoms with Gasteiger partial charge >= 0.3 is 0 Å². The quantitative estimate of drug-likeness (QED) is 0.721. The van der Waals surface area contributed by atoms with Crippen LogP contribution in [0.1, 0.15) is 21.5 Å². The van der Waals surface area contributed by atoms with Crippen LogP contribution in [-0.4, -0.2) is 15.8 Å². The van der Waals surface area contributed by atoms with Crippen molar-refractivity contribution in [2.75, 3.05) is 0 Å². The molecule has 0 spiro atoms. The van der Waals surface area contributed by atoms with Gasteiger partial charge in [0.2, 0.25) is 0 Å². The molecule has 0 unspecified atom stereocenters. The molecule has 3 aromatic rings. The van der Waals surface area contributed by atoms with Crippen molar-refractivity contribution in [3.63, 3.8) is 0 Å². The number of ketones is 1. The summed E-state index contributed by atoms with van der Waals surface area (Å²) in [5.41, 5.74) is 2.17. The van der Waals surface area contributed by atoms with Crippen molar-refractivity contribution in [2.24, 2.45) is 0 Å². The van der Waals surface area contributed by atoms with Crippen LogP contribution in [0, 0.1) is 12.7 Å². The van der Waals surface area contributed by atoms with Crippen molar-refractivity contribution in [1.82, 2.24) is 9.97 Å². The Morgan fingerprint density at radius 3 is 2.85 bits per heavy atom. The summed E-state index contributed by atoms with van der Waals surface area (Å²) in [7, 11) is 0. The van der Waals surface area contributed by atoms with Crippen molar-refractivity contribution in [1.29, 1.82) is 0 Å². The summed E-state index contributed by atoms with van der Waals surface area (Å²) in [6.45, 7) is 1.76. The normalized spacial score (nSPS) is 10.9. The Balaban J connectivity index is 2.15. The number of carbonyl (C=O) groups is 1. The van der Waals surface area contributed by atoms with Crippen LogP contribution >= 0.6 is 15.9 Å². The molecule has 0 aliphatic carbocycles. The molecule has 20 heavy (non-hydrogen) atoms. The number of aromatic nitrogens is 2. The van der Waals surface area contributed by atoms with Gasteiger partial charge in [0.25, 0.3) is 0 Å². The highest BCUT2D eigenvalue weighted by Gasteiger charge is 2.16. The molecule has 1 N–H and O–H groups in total. The minimum Gasteiger partial charge on any atom is -0.345 e. The highest BCUT2D eigenvalue weighted by atomic mass is 79.9. The predicted octanol–water partition coefficient (Wildman–Crippen LogP) is 4.00. The molecule has 0 radical (unpaired) electrons. The number of nitrogens with zero attached hydrogens (tertiary/aromatic N) is 1. The van der Waals surface area contributed by atoms with Gasteiger partial charge in [-0.15, -0.1) is 0 Å². The Kier molecular flexibility index (Phi) is 3.14. The summed E-state index contributed by atoms with van der Waals surface area (Å²) in [5, 5.41) is 0.714. The minimum atomic E-state index is -0.410. The lowest BCUT2D eigenvalue weighted by Crippen LogP contribution is -2.01. The number of hydrogen-bond acceptors (Lipinski definition) is 2. The molecule has 0 aliphatic rings. The van der Waals surface area contributed by atoms with E-state index in [2.05, 4.69) is 25.9 Å². The van der Waals surface area contributed by atoms with E-state index in [1.54, 1.807) is 25.4 Å². The van der Waals surface area contributed by atoms with Crippen molar-refractivity contribution in [3.05, 3.63) is 63.6 Å². The van der Waals surface area contributed by atoms with E-state index in [0.29, 0.717) is 27.7 Å². The fourth-order valence-electron chi connectivity index (χ4n) is 2.19. The minimum absolute atomic E-state index is 0.223. The Bertz CT molecular complexity index is 806. The first-order valence-electron chi connectivity index (χ1n) is 5.99. The van der Waals surface area contributed by atoms with E-state index in [4.69, 9.17) is 0 Å². The number of fused-ring (bicyclic) bond motifs is 1. The van der Waals surface area contributed by atoms with Crippen molar-refractivity contribution in [2.45, 2.75) is 6.92 Å². The van der Waals surface area contributed by atoms with Gasteiger partial charge in [0.05, 0.1) is 0 Å². The highest BCUT2D eigenvalue weighted by Crippen LogP contribution is 2.23.